The summed E-state index contributed by atoms with van der Waals surface area (Å²) in [7, 11) is 1.19. The van der Waals surface area contributed by atoms with Gasteiger partial charge in [-0.25, -0.2) is 19.6 Å². The molecule has 8 heteroatoms. The van der Waals surface area contributed by atoms with E-state index in [1.165, 1.54) is 7.11 Å². The first-order valence-electron chi connectivity index (χ1n) is 9.57. The summed E-state index contributed by atoms with van der Waals surface area (Å²) in [5.74, 6) is -2.03. The topological polar surface area (TPSA) is 98.6 Å². The molecule has 0 fully saturated rings. The van der Waals surface area contributed by atoms with E-state index in [0.717, 1.165) is 5.56 Å². The third-order valence-electron chi connectivity index (χ3n) is 4.73. The first-order chi connectivity index (χ1) is 15.5. The van der Waals surface area contributed by atoms with Crippen molar-refractivity contribution in [2.75, 3.05) is 7.11 Å². The number of aromatic nitrogens is 2. The number of ether oxygens (including phenoxy) is 2. The van der Waals surface area contributed by atoms with Crippen LogP contribution in [0.2, 0.25) is 5.02 Å². The number of pyridine rings is 2. The molecule has 0 aliphatic carbocycles. The number of hydrogen-bond donors (Lipinski definition) is 1. The van der Waals surface area contributed by atoms with Gasteiger partial charge in [0.2, 0.25) is 0 Å². The largest absolute Gasteiger partial charge is 0.486 e. The smallest absolute Gasteiger partial charge is 0.360 e. The highest BCUT2D eigenvalue weighted by atomic mass is 35.5. The van der Waals surface area contributed by atoms with Gasteiger partial charge in [0.15, 0.2) is 17.1 Å². The molecule has 0 unspecified atom stereocenters. The molecule has 0 aliphatic rings. The summed E-state index contributed by atoms with van der Waals surface area (Å²) >= 11 is 6.09. The number of hydrogen-bond acceptors (Lipinski definition) is 6. The summed E-state index contributed by atoms with van der Waals surface area (Å²) in [6, 6.07) is 19.7. The number of aromatic carboxylic acids is 1. The van der Waals surface area contributed by atoms with Gasteiger partial charge < -0.3 is 14.6 Å². The molecule has 0 spiro atoms. The van der Waals surface area contributed by atoms with Gasteiger partial charge in [-0.3, -0.25) is 0 Å². The van der Waals surface area contributed by atoms with Crippen molar-refractivity contribution in [3.05, 3.63) is 88.7 Å². The molecule has 0 saturated carbocycles. The molecule has 4 aromatic rings. The van der Waals surface area contributed by atoms with Crippen LogP contribution in [0.15, 0.2) is 66.7 Å². The lowest BCUT2D eigenvalue weighted by atomic mass is 10.1. The van der Waals surface area contributed by atoms with E-state index < -0.39 is 11.9 Å². The Bertz CT molecular complexity index is 1330. The number of fused-ring (bicyclic) bond motifs is 1. The van der Waals surface area contributed by atoms with Gasteiger partial charge in [0, 0.05) is 16.0 Å². The van der Waals surface area contributed by atoms with Crippen LogP contribution in [0.3, 0.4) is 0 Å². The summed E-state index contributed by atoms with van der Waals surface area (Å²) in [5.41, 5.74) is 1.55. The summed E-state index contributed by atoms with van der Waals surface area (Å²) < 4.78 is 10.8. The Morgan fingerprint density at radius 2 is 1.75 bits per heavy atom. The highest BCUT2D eigenvalue weighted by Crippen LogP contribution is 2.33. The van der Waals surface area contributed by atoms with Crippen LogP contribution in [-0.2, 0) is 11.3 Å². The molecule has 0 amide bonds. The van der Waals surface area contributed by atoms with Crippen molar-refractivity contribution in [2.24, 2.45) is 0 Å². The molecular formula is C24H17ClN2O5. The Morgan fingerprint density at radius 1 is 0.969 bits per heavy atom. The highest BCUT2D eigenvalue weighted by molar-refractivity contribution is 6.30. The molecule has 32 heavy (non-hydrogen) atoms. The van der Waals surface area contributed by atoms with Crippen molar-refractivity contribution >= 4 is 34.4 Å². The average Bonchev–Trinajstić information content (AvgIpc) is 2.81. The van der Waals surface area contributed by atoms with Gasteiger partial charge in [0.05, 0.1) is 12.8 Å². The second-order valence-electron chi connectivity index (χ2n) is 6.81. The normalized spacial score (nSPS) is 10.7. The minimum absolute atomic E-state index is 0.0886. The summed E-state index contributed by atoms with van der Waals surface area (Å²) in [4.78, 5) is 32.9. The van der Waals surface area contributed by atoms with Crippen LogP contribution in [0.5, 0.6) is 5.75 Å². The van der Waals surface area contributed by atoms with Crippen LogP contribution in [0.1, 0.15) is 26.5 Å². The number of carboxylic acid groups (broad SMARTS) is 1. The van der Waals surface area contributed by atoms with E-state index in [2.05, 4.69) is 9.97 Å². The molecule has 4 rings (SSSR count). The molecule has 0 aliphatic heterocycles. The fourth-order valence-electron chi connectivity index (χ4n) is 3.23. The van der Waals surface area contributed by atoms with Crippen LogP contribution < -0.4 is 4.74 Å². The summed E-state index contributed by atoms with van der Waals surface area (Å²) in [5, 5.41) is 10.6. The fourth-order valence-corrected chi connectivity index (χ4v) is 3.42. The Morgan fingerprint density at radius 3 is 2.44 bits per heavy atom. The summed E-state index contributed by atoms with van der Waals surface area (Å²) in [6.45, 7) is 0.143. The van der Waals surface area contributed by atoms with Crippen LogP contribution in [0.4, 0.5) is 0 Å². The van der Waals surface area contributed by atoms with E-state index in [1.807, 2.05) is 36.4 Å². The second kappa shape index (κ2) is 9.03. The number of nitrogens with zero attached hydrogens (tertiary/aromatic N) is 2. The number of carbonyl (C=O) groups excluding carboxylic acids is 1. The Labute approximate surface area is 188 Å². The molecule has 0 bridgehead atoms. The fraction of sp³-hybridized carbons (Fsp3) is 0.0833. The van der Waals surface area contributed by atoms with Crippen LogP contribution in [-0.4, -0.2) is 34.1 Å². The molecule has 0 atom stereocenters. The van der Waals surface area contributed by atoms with Gasteiger partial charge >= 0.3 is 11.9 Å². The number of rotatable bonds is 6. The second-order valence-corrected chi connectivity index (χ2v) is 7.25. The Kier molecular flexibility index (Phi) is 6.00. The molecule has 0 saturated heterocycles. The number of methoxy groups -OCH3 is 1. The van der Waals surface area contributed by atoms with Crippen LogP contribution in [0.25, 0.3) is 22.2 Å². The standard InChI is InChI=1S/C24H17ClN2O5/c1-31-24(30)21-22(32-13-14-6-3-2-4-7-14)17-10-11-18(15-8-5-9-16(25)12-15)26-19(17)20(27-21)23(28)29/h2-12H,13H2,1H3,(H,28,29). The molecule has 0 radical (unpaired) electrons. The zero-order valence-electron chi connectivity index (χ0n) is 16.9. The first kappa shape index (κ1) is 21.3. The maximum absolute atomic E-state index is 12.4. The highest BCUT2D eigenvalue weighted by Gasteiger charge is 2.25. The predicted octanol–water partition coefficient (Wildman–Crippen LogP) is 5.01. The third kappa shape index (κ3) is 4.24. The van der Waals surface area contributed by atoms with Crippen molar-refractivity contribution in [3.8, 4) is 17.0 Å². The van der Waals surface area contributed by atoms with E-state index >= 15 is 0 Å². The lowest BCUT2D eigenvalue weighted by Crippen LogP contribution is -2.14. The van der Waals surface area contributed by atoms with Gasteiger partial charge in [0.1, 0.15) is 12.1 Å². The van der Waals surface area contributed by atoms with E-state index in [4.69, 9.17) is 21.1 Å². The van der Waals surface area contributed by atoms with Gasteiger partial charge in [-0.1, -0.05) is 54.1 Å². The van der Waals surface area contributed by atoms with Crippen molar-refractivity contribution in [3.63, 3.8) is 0 Å². The number of carboxylic acids is 1. The Hall–Kier alpha value is -3.97. The van der Waals surface area contributed by atoms with E-state index in [1.54, 1.807) is 30.3 Å². The molecule has 2 aromatic heterocycles. The quantitative estimate of drug-likeness (QED) is 0.414. The van der Waals surface area contributed by atoms with E-state index in [-0.39, 0.29) is 29.3 Å². The minimum Gasteiger partial charge on any atom is -0.486 e. The van der Waals surface area contributed by atoms with Gasteiger partial charge in [-0.2, -0.15) is 0 Å². The van der Waals surface area contributed by atoms with Gasteiger partial charge in [-0.05, 0) is 29.8 Å². The van der Waals surface area contributed by atoms with Crippen LogP contribution in [0, 0.1) is 0 Å². The average molecular weight is 449 g/mol. The zero-order valence-corrected chi connectivity index (χ0v) is 17.7. The number of carbonyl (C=O) groups is 2. The number of halogens is 1. The first-order valence-corrected chi connectivity index (χ1v) is 9.94. The summed E-state index contributed by atoms with van der Waals surface area (Å²) in [6.07, 6.45) is 0. The maximum atomic E-state index is 12.4. The Balaban J connectivity index is 1.91. The van der Waals surface area contributed by atoms with E-state index in [0.29, 0.717) is 21.7 Å². The van der Waals surface area contributed by atoms with Crippen molar-refractivity contribution in [1.82, 2.24) is 9.97 Å². The third-order valence-corrected chi connectivity index (χ3v) is 4.97. The van der Waals surface area contributed by atoms with Gasteiger partial charge in [-0.15, -0.1) is 0 Å². The molecule has 160 valence electrons. The lowest BCUT2D eigenvalue weighted by Gasteiger charge is -2.15. The monoisotopic (exact) mass is 448 g/mol. The molecule has 2 heterocycles. The van der Waals surface area contributed by atoms with Crippen LogP contribution >= 0.6 is 11.6 Å². The predicted molar refractivity (Wildman–Crippen MR) is 119 cm³/mol. The van der Waals surface area contributed by atoms with E-state index in [9.17, 15) is 14.7 Å². The lowest BCUT2D eigenvalue weighted by molar-refractivity contribution is 0.0588. The molecule has 7 nitrogen and oxygen atoms in total. The molecular weight excluding hydrogens is 432 g/mol. The zero-order chi connectivity index (χ0) is 22.7. The number of esters is 1. The minimum atomic E-state index is -1.33. The van der Waals surface area contributed by atoms with Gasteiger partial charge in [0.25, 0.3) is 0 Å². The number of benzene rings is 2. The maximum Gasteiger partial charge on any atom is 0.360 e. The van der Waals surface area contributed by atoms with Crippen molar-refractivity contribution < 1.29 is 24.2 Å². The van der Waals surface area contributed by atoms with Crippen molar-refractivity contribution in [2.45, 2.75) is 6.61 Å². The molecule has 1 N–H and O–H groups in total. The SMILES string of the molecule is COC(=O)c1nc(C(=O)O)c2nc(-c3cccc(Cl)c3)ccc2c1OCc1ccccc1. The van der Waals surface area contributed by atoms with Crippen molar-refractivity contribution in [1.29, 1.82) is 0 Å². The molecule has 2 aromatic carbocycles.